The molecule has 0 aliphatic rings. The molecule has 2 atom stereocenters. The summed E-state index contributed by atoms with van der Waals surface area (Å²) in [6, 6.07) is 27.7. The maximum atomic E-state index is 14.1. The zero-order valence-corrected chi connectivity index (χ0v) is 27.3. The first kappa shape index (κ1) is 35.2. The second kappa shape index (κ2) is 17.3. The van der Waals surface area contributed by atoms with E-state index in [2.05, 4.69) is 0 Å². The van der Waals surface area contributed by atoms with Gasteiger partial charge in [-0.25, -0.2) is 0 Å². The van der Waals surface area contributed by atoms with Gasteiger partial charge in [0.1, 0.15) is 25.0 Å². The minimum absolute atomic E-state index is 0.00121. The average Bonchev–Trinajstić information content (AvgIpc) is 3.12. The molecule has 2 unspecified atom stereocenters. The van der Waals surface area contributed by atoms with E-state index in [4.69, 9.17) is 28.4 Å². The lowest BCUT2D eigenvalue weighted by Gasteiger charge is -2.23. The molecule has 0 aliphatic heterocycles. The number of carbonyl (C=O) groups excluding carboxylic acids is 4. The highest BCUT2D eigenvalue weighted by molar-refractivity contribution is 6.19. The molecular weight excluding hydrogens is 616 g/mol. The number of ether oxygens (including phenoxy) is 6. The van der Waals surface area contributed by atoms with Crippen molar-refractivity contribution in [3.8, 4) is 23.0 Å². The zero-order chi connectivity index (χ0) is 34.5. The molecular formula is C38H38O10. The van der Waals surface area contributed by atoms with E-state index in [1.807, 2.05) is 60.7 Å². The molecule has 0 amide bonds. The van der Waals surface area contributed by atoms with Crippen molar-refractivity contribution < 1.29 is 47.6 Å². The van der Waals surface area contributed by atoms with Crippen LogP contribution in [-0.4, -0.2) is 50.9 Å². The number of hydrogen-bond acceptors (Lipinski definition) is 10. The van der Waals surface area contributed by atoms with E-state index in [1.54, 1.807) is 13.8 Å². The second-order valence-corrected chi connectivity index (χ2v) is 10.5. The lowest BCUT2D eigenvalue weighted by Crippen LogP contribution is -2.42. The molecule has 0 saturated heterocycles. The van der Waals surface area contributed by atoms with Gasteiger partial charge in [0.2, 0.25) is 0 Å². The number of carbonyl (C=O) groups is 4. The first-order valence-electron chi connectivity index (χ1n) is 15.4. The van der Waals surface area contributed by atoms with Gasteiger partial charge >= 0.3 is 11.9 Å². The van der Waals surface area contributed by atoms with Gasteiger partial charge in [-0.05, 0) is 61.4 Å². The van der Waals surface area contributed by atoms with Crippen LogP contribution < -0.4 is 18.9 Å². The molecule has 4 aromatic rings. The smallest absolute Gasteiger partial charge is 0.318 e. The summed E-state index contributed by atoms with van der Waals surface area (Å²) < 4.78 is 33.2. The van der Waals surface area contributed by atoms with Crippen LogP contribution in [-0.2, 0) is 32.3 Å². The minimum atomic E-state index is -1.86. The van der Waals surface area contributed by atoms with Gasteiger partial charge in [0.25, 0.3) is 0 Å². The fraction of sp³-hybridized carbons (Fsp3) is 0.263. The molecule has 48 heavy (non-hydrogen) atoms. The second-order valence-electron chi connectivity index (χ2n) is 10.5. The first-order chi connectivity index (χ1) is 23.3. The first-order valence-corrected chi connectivity index (χ1v) is 15.4. The molecule has 10 heteroatoms. The highest BCUT2D eigenvalue weighted by Crippen LogP contribution is 2.34. The minimum Gasteiger partial charge on any atom is -0.493 e. The van der Waals surface area contributed by atoms with Gasteiger partial charge in [-0.1, -0.05) is 60.7 Å². The van der Waals surface area contributed by atoms with E-state index in [9.17, 15) is 19.2 Å². The van der Waals surface area contributed by atoms with Gasteiger partial charge in [0.15, 0.2) is 34.6 Å². The van der Waals surface area contributed by atoms with E-state index in [-0.39, 0.29) is 49.1 Å². The van der Waals surface area contributed by atoms with Crippen LogP contribution in [0.4, 0.5) is 0 Å². The Morgan fingerprint density at radius 1 is 0.521 bits per heavy atom. The number of methoxy groups -OCH3 is 2. The van der Waals surface area contributed by atoms with E-state index in [0.717, 1.165) is 11.1 Å². The largest absolute Gasteiger partial charge is 0.493 e. The molecule has 250 valence electrons. The van der Waals surface area contributed by atoms with Gasteiger partial charge in [-0.2, -0.15) is 0 Å². The third kappa shape index (κ3) is 8.79. The van der Waals surface area contributed by atoms with Crippen LogP contribution in [0.2, 0.25) is 0 Å². The third-order valence-corrected chi connectivity index (χ3v) is 7.35. The van der Waals surface area contributed by atoms with Crippen molar-refractivity contribution in [3.05, 3.63) is 119 Å². The normalized spacial score (nSPS) is 11.8. The summed E-state index contributed by atoms with van der Waals surface area (Å²) in [7, 11) is 2.82. The molecule has 0 saturated carbocycles. The Hall–Kier alpha value is -5.64. The lowest BCUT2D eigenvalue weighted by atomic mass is 9.80. The molecule has 0 aromatic heterocycles. The molecule has 0 fully saturated rings. The Balaban J connectivity index is 1.67. The van der Waals surface area contributed by atoms with Crippen molar-refractivity contribution in [1.82, 2.24) is 0 Å². The van der Waals surface area contributed by atoms with E-state index < -0.39 is 35.3 Å². The van der Waals surface area contributed by atoms with Gasteiger partial charge in [-0.3, -0.25) is 19.2 Å². The number of Topliss-reactive ketones (excluding diaryl/α,β-unsaturated/α-hetero) is 2. The van der Waals surface area contributed by atoms with Crippen LogP contribution in [0.3, 0.4) is 0 Å². The number of hydrogen-bond donors (Lipinski definition) is 0. The van der Waals surface area contributed by atoms with Crippen LogP contribution in [0.1, 0.15) is 45.7 Å². The fourth-order valence-corrected chi connectivity index (χ4v) is 4.96. The van der Waals surface area contributed by atoms with Crippen LogP contribution in [0.25, 0.3) is 0 Å². The Labute approximate surface area is 279 Å². The molecule has 0 bridgehead atoms. The molecule has 0 N–H and O–H groups in total. The molecule has 4 aromatic carbocycles. The summed E-state index contributed by atoms with van der Waals surface area (Å²) in [5, 5.41) is 0. The van der Waals surface area contributed by atoms with Gasteiger partial charge < -0.3 is 28.4 Å². The maximum absolute atomic E-state index is 14.1. The zero-order valence-electron chi connectivity index (χ0n) is 27.3. The van der Waals surface area contributed by atoms with Gasteiger partial charge in [0.05, 0.1) is 27.4 Å². The highest BCUT2D eigenvalue weighted by Gasteiger charge is 2.46. The summed E-state index contributed by atoms with van der Waals surface area (Å²) in [6.07, 6.45) is 0. The van der Waals surface area contributed by atoms with Crippen LogP contribution >= 0.6 is 0 Å². The van der Waals surface area contributed by atoms with Gasteiger partial charge in [0, 0.05) is 11.1 Å². The number of benzene rings is 4. The maximum Gasteiger partial charge on any atom is 0.318 e. The number of esters is 2. The molecule has 0 spiro atoms. The van der Waals surface area contributed by atoms with Crippen LogP contribution in [0.5, 0.6) is 23.0 Å². The standard InChI is InChI=1S/C38H38O10/c1-5-45-37(41)33(35(39)27-17-19-29(31(21-27)43-3)47-23-25-13-9-7-10-14-25)34(38(42)46-6-2)36(40)28-18-20-30(32(22-28)44-4)48-24-26-15-11-8-12-16-26/h7-22,33-34H,5-6,23-24H2,1-4H3. The predicted octanol–water partition coefficient (Wildman–Crippen LogP) is 6.29. The quantitative estimate of drug-likeness (QED) is 0.0729. The van der Waals surface area contributed by atoms with E-state index in [1.165, 1.54) is 50.6 Å². The van der Waals surface area contributed by atoms with Crippen molar-refractivity contribution in [2.45, 2.75) is 27.1 Å². The predicted molar refractivity (Wildman–Crippen MR) is 176 cm³/mol. The van der Waals surface area contributed by atoms with Crippen molar-refractivity contribution in [1.29, 1.82) is 0 Å². The Bertz CT molecular complexity index is 1570. The van der Waals surface area contributed by atoms with Crippen molar-refractivity contribution >= 4 is 23.5 Å². The van der Waals surface area contributed by atoms with Crippen molar-refractivity contribution in [2.75, 3.05) is 27.4 Å². The van der Waals surface area contributed by atoms with E-state index in [0.29, 0.717) is 11.5 Å². The summed E-state index contributed by atoms with van der Waals surface area (Å²) >= 11 is 0. The third-order valence-electron chi connectivity index (χ3n) is 7.35. The molecule has 0 heterocycles. The van der Waals surface area contributed by atoms with Crippen molar-refractivity contribution in [3.63, 3.8) is 0 Å². The molecule has 0 aliphatic carbocycles. The summed E-state index contributed by atoms with van der Waals surface area (Å²) in [6.45, 7) is 3.42. The summed E-state index contributed by atoms with van der Waals surface area (Å²) in [4.78, 5) is 55.0. The summed E-state index contributed by atoms with van der Waals surface area (Å²) in [5.74, 6) is -6.35. The highest BCUT2D eigenvalue weighted by atomic mass is 16.5. The molecule has 4 rings (SSSR count). The number of rotatable bonds is 17. The fourth-order valence-electron chi connectivity index (χ4n) is 4.96. The molecule has 0 radical (unpaired) electrons. The topological polar surface area (TPSA) is 124 Å². The Morgan fingerprint density at radius 3 is 1.23 bits per heavy atom. The average molecular weight is 655 g/mol. The number of ketones is 2. The lowest BCUT2D eigenvalue weighted by molar-refractivity contribution is -0.156. The summed E-state index contributed by atoms with van der Waals surface area (Å²) in [5.41, 5.74) is 1.85. The van der Waals surface area contributed by atoms with E-state index >= 15 is 0 Å². The SMILES string of the molecule is CCOC(=O)C(C(=O)c1ccc(OCc2ccccc2)c(OC)c1)C(C(=O)OCC)C(=O)c1ccc(OCc2ccccc2)c(OC)c1. The van der Waals surface area contributed by atoms with Gasteiger partial charge in [-0.15, -0.1) is 0 Å². The molecule has 10 nitrogen and oxygen atoms in total. The van der Waals surface area contributed by atoms with Crippen molar-refractivity contribution in [2.24, 2.45) is 11.8 Å². The van der Waals surface area contributed by atoms with Crippen LogP contribution in [0.15, 0.2) is 97.1 Å². The Morgan fingerprint density at radius 2 is 0.896 bits per heavy atom. The Kier molecular flexibility index (Phi) is 12.7. The monoisotopic (exact) mass is 654 g/mol. The van der Waals surface area contributed by atoms with Crippen LogP contribution in [0, 0.1) is 11.8 Å².